The van der Waals surface area contributed by atoms with Gasteiger partial charge in [-0.15, -0.1) is 0 Å². The van der Waals surface area contributed by atoms with Crippen molar-refractivity contribution in [2.75, 3.05) is 26.1 Å². The molecule has 0 atom stereocenters. The minimum absolute atomic E-state index is 0.153. The second-order valence-electron chi connectivity index (χ2n) is 4.75. The van der Waals surface area contributed by atoms with E-state index in [2.05, 4.69) is 29.2 Å². The lowest BCUT2D eigenvalue weighted by Gasteiger charge is -2.11. The summed E-state index contributed by atoms with van der Waals surface area (Å²) >= 11 is 0. The zero-order valence-corrected chi connectivity index (χ0v) is 12.0. The van der Waals surface area contributed by atoms with Gasteiger partial charge in [-0.3, -0.25) is 0 Å². The van der Waals surface area contributed by atoms with Crippen molar-refractivity contribution in [3.63, 3.8) is 0 Å². The van der Waals surface area contributed by atoms with Gasteiger partial charge in [0.05, 0.1) is 7.11 Å². The molecule has 0 fully saturated rings. The third-order valence-electron chi connectivity index (χ3n) is 3.08. The van der Waals surface area contributed by atoms with Crippen molar-refractivity contribution >= 4 is 17.8 Å². The predicted octanol–water partition coefficient (Wildman–Crippen LogP) is 3.64. The maximum absolute atomic E-state index is 9.55. The Morgan fingerprint density at radius 1 is 0.950 bits per heavy atom. The molecule has 0 saturated carbocycles. The van der Waals surface area contributed by atoms with Crippen LogP contribution >= 0.6 is 0 Å². The average Bonchev–Trinajstić information content (AvgIpc) is 2.46. The van der Waals surface area contributed by atoms with E-state index >= 15 is 0 Å². The number of anilines is 1. The molecule has 0 aromatic heterocycles. The molecular formula is C17H19NO2. The summed E-state index contributed by atoms with van der Waals surface area (Å²) in [5.74, 6) is 0.634. The van der Waals surface area contributed by atoms with E-state index in [1.54, 1.807) is 19.2 Å². The van der Waals surface area contributed by atoms with Gasteiger partial charge in [0, 0.05) is 19.8 Å². The largest absolute Gasteiger partial charge is 0.504 e. The SMILES string of the molecule is COc1cc(/C=C/c2ccc(N(C)C)cc2)ccc1O. The van der Waals surface area contributed by atoms with Gasteiger partial charge in [-0.2, -0.15) is 0 Å². The number of phenolic OH excluding ortho intramolecular Hbond substituents is 1. The Morgan fingerprint density at radius 3 is 2.15 bits per heavy atom. The lowest BCUT2D eigenvalue weighted by molar-refractivity contribution is 0.373. The van der Waals surface area contributed by atoms with E-state index < -0.39 is 0 Å². The zero-order valence-electron chi connectivity index (χ0n) is 12.0. The van der Waals surface area contributed by atoms with Crippen molar-refractivity contribution in [1.29, 1.82) is 0 Å². The van der Waals surface area contributed by atoms with Crippen LogP contribution in [-0.2, 0) is 0 Å². The van der Waals surface area contributed by atoms with Crippen LogP contribution in [0.1, 0.15) is 11.1 Å². The highest BCUT2D eigenvalue weighted by Crippen LogP contribution is 2.27. The monoisotopic (exact) mass is 269 g/mol. The van der Waals surface area contributed by atoms with Crippen LogP contribution in [0.2, 0.25) is 0 Å². The number of aromatic hydroxyl groups is 1. The van der Waals surface area contributed by atoms with Crippen LogP contribution in [0.25, 0.3) is 12.2 Å². The fraction of sp³-hybridized carbons (Fsp3) is 0.176. The molecule has 104 valence electrons. The molecular weight excluding hydrogens is 250 g/mol. The van der Waals surface area contributed by atoms with E-state index in [9.17, 15) is 5.11 Å². The number of rotatable bonds is 4. The highest BCUT2D eigenvalue weighted by Gasteiger charge is 2.00. The van der Waals surface area contributed by atoms with Gasteiger partial charge in [-0.1, -0.05) is 30.4 Å². The van der Waals surface area contributed by atoms with Crippen molar-refractivity contribution in [3.05, 3.63) is 53.6 Å². The molecule has 2 aromatic rings. The quantitative estimate of drug-likeness (QED) is 0.860. The molecule has 0 aliphatic rings. The lowest BCUT2D eigenvalue weighted by Crippen LogP contribution is -2.07. The Balaban J connectivity index is 2.16. The normalized spacial score (nSPS) is 10.8. The molecule has 2 aromatic carbocycles. The molecule has 1 N–H and O–H groups in total. The van der Waals surface area contributed by atoms with Crippen LogP contribution in [0.3, 0.4) is 0 Å². The van der Waals surface area contributed by atoms with Crippen molar-refractivity contribution in [3.8, 4) is 11.5 Å². The Hall–Kier alpha value is -2.42. The van der Waals surface area contributed by atoms with Crippen LogP contribution in [0.4, 0.5) is 5.69 Å². The number of benzene rings is 2. The molecule has 0 spiro atoms. The minimum Gasteiger partial charge on any atom is -0.504 e. The third kappa shape index (κ3) is 3.32. The van der Waals surface area contributed by atoms with E-state index in [-0.39, 0.29) is 5.75 Å². The molecule has 2 rings (SSSR count). The Labute approximate surface area is 119 Å². The molecule has 0 aliphatic heterocycles. The summed E-state index contributed by atoms with van der Waals surface area (Å²) in [5.41, 5.74) is 3.28. The summed E-state index contributed by atoms with van der Waals surface area (Å²) in [7, 11) is 5.59. The average molecular weight is 269 g/mol. The molecule has 0 aliphatic carbocycles. The van der Waals surface area contributed by atoms with Crippen LogP contribution in [0.15, 0.2) is 42.5 Å². The predicted molar refractivity (Wildman–Crippen MR) is 84.4 cm³/mol. The molecule has 0 unspecified atom stereocenters. The Morgan fingerprint density at radius 2 is 1.55 bits per heavy atom. The summed E-state index contributed by atoms with van der Waals surface area (Å²) in [6, 6.07) is 13.6. The fourth-order valence-corrected chi connectivity index (χ4v) is 1.87. The first-order valence-corrected chi connectivity index (χ1v) is 6.42. The summed E-state index contributed by atoms with van der Waals surface area (Å²) < 4.78 is 5.09. The smallest absolute Gasteiger partial charge is 0.161 e. The molecule has 0 bridgehead atoms. The van der Waals surface area contributed by atoms with Crippen LogP contribution in [0, 0.1) is 0 Å². The third-order valence-corrected chi connectivity index (χ3v) is 3.08. The number of phenols is 1. The first-order valence-electron chi connectivity index (χ1n) is 6.42. The zero-order chi connectivity index (χ0) is 14.5. The maximum Gasteiger partial charge on any atom is 0.161 e. The standard InChI is InChI=1S/C17H19NO2/c1-18(2)15-9-6-13(7-10-15)4-5-14-8-11-16(19)17(12-14)20-3/h4-12,19H,1-3H3/b5-4+. The first-order chi connectivity index (χ1) is 9.60. The van der Waals surface area contributed by atoms with Crippen molar-refractivity contribution < 1.29 is 9.84 Å². The maximum atomic E-state index is 9.55. The van der Waals surface area contributed by atoms with Gasteiger partial charge < -0.3 is 14.7 Å². The van der Waals surface area contributed by atoms with Gasteiger partial charge in [0.2, 0.25) is 0 Å². The number of nitrogens with zero attached hydrogens (tertiary/aromatic N) is 1. The van der Waals surface area contributed by atoms with Gasteiger partial charge in [0.25, 0.3) is 0 Å². The Kier molecular flexibility index (Phi) is 4.31. The van der Waals surface area contributed by atoms with E-state index in [1.807, 2.05) is 32.3 Å². The number of hydrogen-bond acceptors (Lipinski definition) is 3. The van der Waals surface area contributed by atoms with E-state index in [0.29, 0.717) is 5.75 Å². The minimum atomic E-state index is 0.153. The van der Waals surface area contributed by atoms with E-state index in [4.69, 9.17) is 4.74 Å². The molecule has 3 heteroatoms. The number of ether oxygens (including phenoxy) is 1. The molecule has 0 heterocycles. The molecule has 0 radical (unpaired) electrons. The molecule has 3 nitrogen and oxygen atoms in total. The Bertz CT molecular complexity index is 601. The highest BCUT2D eigenvalue weighted by molar-refractivity contribution is 5.71. The topological polar surface area (TPSA) is 32.7 Å². The van der Waals surface area contributed by atoms with Gasteiger partial charge in [-0.05, 0) is 35.4 Å². The van der Waals surface area contributed by atoms with Crippen LogP contribution < -0.4 is 9.64 Å². The molecule has 0 saturated heterocycles. The van der Waals surface area contributed by atoms with E-state index in [1.165, 1.54) is 5.69 Å². The van der Waals surface area contributed by atoms with Gasteiger partial charge in [0.15, 0.2) is 11.5 Å². The summed E-state index contributed by atoms with van der Waals surface area (Å²) in [6.07, 6.45) is 4.03. The molecule has 0 amide bonds. The van der Waals surface area contributed by atoms with Crippen LogP contribution in [0.5, 0.6) is 11.5 Å². The highest BCUT2D eigenvalue weighted by atomic mass is 16.5. The van der Waals surface area contributed by atoms with Gasteiger partial charge in [-0.25, -0.2) is 0 Å². The van der Waals surface area contributed by atoms with Crippen molar-refractivity contribution in [2.24, 2.45) is 0 Å². The second kappa shape index (κ2) is 6.15. The summed E-state index contributed by atoms with van der Waals surface area (Å²) in [6.45, 7) is 0. The van der Waals surface area contributed by atoms with Gasteiger partial charge in [0.1, 0.15) is 0 Å². The van der Waals surface area contributed by atoms with Crippen molar-refractivity contribution in [1.82, 2.24) is 0 Å². The number of methoxy groups -OCH3 is 1. The van der Waals surface area contributed by atoms with Crippen LogP contribution in [-0.4, -0.2) is 26.3 Å². The lowest BCUT2D eigenvalue weighted by atomic mass is 10.1. The molecule has 20 heavy (non-hydrogen) atoms. The summed E-state index contributed by atoms with van der Waals surface area (Å²) in [4.78, 5) is 2.07. The summed E-state index contributed by atoms with van der Waals surface area (Å²) in [5, 5.41) is 9.55. The van der Waals surface area contributed by atoms with Crippen molar-refractivity contribution in [2.45, 2.75) is 0 Å². The first kappa shape index (κ1) is 14.0. The van der Waals surface area contributed by atoms with E-state index in [0.717, 1.165) is 11.1 Å². The second-order valence-corrected chi connectivity index (χ2v) is 4.75. The fourth-order valence-electron chi connectivity index (χ4n) is 1.87. The van der Waals surface area contributed by atoms with Gasteiger partial charge >= 0.3 is 0 Å². The number of hydrogen-bond donors (Lipinski definition) is 1.